The van der Waals surface area contributed by atoms with Crippen LogP contribution in [0.25, 0.3) is 44.2 Å². The van der Waals surface area contributed by atoms with Gasteiger partial charge in [-0.3, -0.25) is 9.59 Å². The molecule has 0 aliphatic carbocycles. The van der Waals surface area contributed by atoms with Crippen LogP contribution in [0.2, 0.25) is 0 Å². The summed E-state index contributed by atoms with van der Waals surface area (Å²) in [5.74, 6) is 1.45. The summed E-state index contributed by atoms with van der Waals surface area (Å²) in [6.45, 7) is 11.0. The van der Waals surface area contributed by atoms with E-state index in [0.717, 1.165) is 61.9 Å². The van der Waals surface area contributed by atoms with Crippen molar-refractivity contribution in [2.45, 2.75) is 97.1 Å². The number of aromatic amines is 2. The largest absolute Gasteiger partial charge is 0.488 e. The highest BCUT2D eigenvalue weighted by Crippen LogP contribution is 2.44. The maximum Gasteiger partial charge on any atom is 0.407 e. The number of carbonyl (C=O) groups is 4. The van der Waals surface area contributed by atoms with Crippen molar-refractivity contribution < 1.29 is 38.5 Å². The maximum absolute atomic E-state index is 14.0. The Hall–Kier alpha value is -6.16. The molecule has 4 amide bonds. The third-order valence-electron chi connectivity index (χ3n) is 13.1. The van der Waals surface area contributed by atoms with Crippen molar-refractivity contribution in [3.63, 3.8) is 0 Å². The number of amides is 4. The molecule has 2 fully saturated rings. The van der Waals surface area contributed by atoms with Gasteiger partial charge in [0.1, 0.15) is 36.1 Å². The fraction of sp³-hybridized carbons (Fsp3) is 0.478. The van der Waals surface area contributed by atoms with E-state index in [4.69, 9.17) is 24.2 Å². The molecule has 0 bridgehead atoms. The van der Waals surface area contributed by atoms with Crippen LogP contribution in [0.5, 0.6) is 5.75 Å². The minimum absolute atomic E-state index is 0.0704. The number of imidazole rings is 2. The number of methoxy groups -OCH3 is 2. The standard InChI is InChI=1S/C46H56N8O8/c1-8-24(4)39(51-45(57)58)44(56)54-25(5)9-14-35(54)42-48-33-13-11-27-17-32-30-12-10-28(16-29(30)22-62-37(32)18-31(27)40(33)50-42)34-19-47-41(49-34)36-15-26(21-60-6)20-53(36)43(55)38(23(2)3)52-46(59)61-7/h10-13,16-19,23-26,35-36,38-39,51H,8-9,14-15,20-22H2,1-7H3,(H,47,49)(H,48,50)(H,52,59)(H,57,58)/t24-,25-,26-,35-,36-,38-,39-/m0/s1. The number of fused-ring (bicyclic) bond motifs is 6. The molecule has 5 heterocycles. The number of H-pyrrole nitrogens is 2. The minimum Gasteiger partial charge on any atom is -0.488 e. The molecule has 16 nitrogen and oxygen atoms in total. The molecule has 7 atom stereocenters. The first-order chi connectivity index (χ1) is 29.8. The number of likely N-dealkylation sites (tertiary alicyclic amines) is 2. The second-order valence-electron chi connectivity index (χ2n) is 17.4. The monoisotopic (exact) mass is 848 g/mol. The van der Waals surface area contributed by atoms with Gasteiger partial charge in [0.15, 0.2) is 0 Å². The number of aromatic nitrogens is 4. The Balaban J connectivity index is 1.05. The van der Waals surface area contributed by atoms with Gasteiger partial charge in [-0.2, -0.15) is 0 Å². The van der Waals surface area contributed by atoms with Crippen LogP contribution in [0.3, 0.4) is 0 Å². The predicted molar refractivity (Wildman–Crippen MR) is 232 cm³/mol. The molecule has 62 heavy (non-hydrogen) atoms. The summed E-state index contributed by atoms with van der Waals surface area (Å²) in [7, 11) is 2.94. The molecule has 3 aliphatic heterocycles. The zero-order valence-corrected chi connectivity index (χ0v) is 36.3. The summed E-state index contributed by atoms with van der Waals surface area (Å²) in [6, 6.07) is 12.2. The summed E-state index contributed by atoms with van der Waals surface area (Å²) in [6.07, 6.45) is 2.74. The SMILES string of the molecule is CC[C@H](C)[C@H](NC(=O)O)C(=O)N1[C@@H](C)CC[C@H]1c1nc2ccc3cc4c(cc3c2[nH]1)OCc1cc(-c2cnc([C@@H]3C[C@H](COC)CN3C(=O)[C@@H](NC(=O)OC)C(C)C)[nH]2)ccc1-4. The molecule has 16 heteroatoms. The summed E-state index contributed by atoms with van der Waals surface area (Å²) in [4.78, 5) is 72.2. The highest BCUT2D eigenvalue weighted by atomic mass is 16.5. The van der Waals surface area contributed by atoms with E-state index < -0.39 is 24.3 Å². The maximum atomic E-state index is 14.0. The van der Waals surface area contributed by atoms with Gasteiger partial charge in [-0.25, -0.2) is 19.6 Å². The van der Waals surface area contributed by atoms with E-state index in [0.29, 0.717) is 50.7 Å². The van der Waals surface area contributed by atoms with Crippen molar-refractivity contribution in [1.82, 2.24) is 40.4 Å². The fourth-order valence-electron chi connectivity index (χ4n) is 9.55. The lowest BCUT2D eigenvalue weighted by Crippen LogP contribution is -2.52. The first kappa shape index (κ1) is 42.5. The number of ether oxygens (including phenoxy) is 3. The van der Waals surface area contributed by atoms with Crippen LogP contribution < -0.4 is 15.4 Å². The summed E-state index contributed by atoms with van der Waals surface area (Å²) in [5.41, 5.74) is 6.43. The van der Waals surface area contributed by atoms with Gasteiger partial charge in [0.2, 0.25) is 11.8 Å². The van der Waals surface area contributed by atoms with E-state index in [-0.39, 0.29) is 47.7 Å². The third kappa shape index (κ3) is 7.91. The number of hydrogen-bond donors (Lipinski definition) is 5. The zero-order valence-electron chi connectivity index (χ0n) is 36.3. The van der Waals surface area contributed by atoms with E-state index >= 15 is 0 Å². The van der Waals surface area contributed by atoms with Gasteiger partial charge in [-0.1, -0.05) is 52.3 Å². The first-order valence-electron chi connectivity index (χ1n) is 21.5. The molecule has 5 aromatic rings. The average Bonchev–Trinajstić information content (AvgIpc) is 4.09. The Labute approximate surface area is 360 Å². The topological polar surface area (TPSA) is 204 Å². The highest BCUT2D eigenvalue weighted by molar-refractivity contribution is 6.07. The van der Waals surface area contributed by atoms with Crippen molar-refractivity contribution in [2.24, 2.45) is 17.8 Å². The molecule has 0 saturated carbocycles. The van der Waals surface area contributed by atoms with Crippen LogP contribution in [-0.2, 0) is 25.7 Å². The molecule has 8 rings (SSSR count). The quantitative estimate of drug-likeness (QED) is 0.0847. The number of benzene rings is 3. The van der Waals surface area contributed by atoms with Crippen molar-refractivity contribution >= 4 is 45.8 Å². The Morgan fingerprint density at radius 2 is 1.76 bits per heavy atom. The molecule has 2 saturated heterocycles. The number of nitrogens with zero attached hydrogens (tertiary/aromatic N) is 4. The van der Waals surface area contributed by atoms with Crippen LogP contribution in [0.4, 0.5) is 9.59 Å². The molecule has 5 N–H and O–H groups in total. The normalized spacial score (nSPS) is 21.0. The molecule has 3 aliphatic rings. The Morgan fingerprint density at radius 3 is 2.48 bits per heavy atom. The third-order valence-corrected chi connectivity index (χ3v) is 13.1. The number of rotatable bonds is 12. The van der Waals surface area contributed by atoms with Crippen LogP contribution >= 0.6 is 0 Å². The molecule has 0 radical (unpaired) electrons. The molecule has 3 aromatic carbocycles. The predicted octanol–water partition coefficient (Wildman–Crippen LogP) is 7.32. The Morgan fingerprint density at radius 1 is 0.952 bits per heavy atom. The van der Waals surface area contributed by atoms with Crippen LogP contribution in [0, 0.1) is 17.8 Å². The smallest absolute Gasteiger partial charge is 0.407 e. The van der Waals surface area contributed by atoms with Crippen LogP contribution in [0.1, 0.15) is 89.6 Å². The lowest BCUT2D eigenvalue weighted by Gasteiger charge is -2.33. The van der Waals surface area contributed by atoms with Gasteiger partial charge in [0.05, 0.1) is 48.7 Å². The summed E-state index contributed by atoms with van der Waals surface area (Å²) < 4.78 is 16.7. The van der Waals surface area contributed by atoms with E-state index in [1.165, 1.54) is 7.11 Å². The van der Waals surface area contributed by atoms with Gasteiger partial charge in [-0.15, -0.1) is 0 Å². The minimum atomic E-state index is -1.21. The summed E-state index contributed by atoms with van der Waals surface area (Å²) >= 11 is 0. The van der Waals surface area contributed by atoms with Gasteiger partial charge in [0.25, 0.3) is 0 Å². The van der Waals surface area contributed by atoms with E-state index in [1.54, 1.807) is 18.2 Å². The van der Waals surface area contributed by atoms with Crippen molar-refractivity contribution in [3.8, 4) is 28.1 Å². The lowest BCUT2D eigenvalue weighted by atomic mass is 9.92. The molecule has 0 unspecified atom stereocenters. The van der Waals surface area contributed by atoms with Crippen molar-refractivity contribution in [1.29, 1.82) is 0 Å². The highest BCUT2D eigenvalue weighted by Gasteiger charge is 2.43. The Bertz CT molecular complexity index is 2510. The van der Waals surface area contributed by atoms with Crippen molar-refractivity contribution in [2.75, 3.05) is 27.4 Å². The molecular formula is C46H56N8O8. The Kier molecular flexibility index (Phi) is 11.9. The van der Waals surface area contributed by atoms with Crippen molar-refractivity contribution in [3.05, 3.63) is 65.9 Å². The molecular weight excluding hydrogens is 793 g/mol. The molecule has 328 valence electrons. The number of alkyl carbamates (subject to hydrolysis) is 1. The van der Waals surface area contributed by atoms with Gasteiger partial charge >= 0.3 is 12.2 Å². The number of nitrogens with one attached hydrogen (secondary N) is 4. The van der Waals surface area contributed by atoms with Crippen LogP contribution in [0.15, 0.2) is 48.7 Å². The number of hydrogen-bond acceptors (Lipinski definition) is 9. The van der Waals surface area contributed by atoms with E-state index in [1.807, 2.05) is 45.6 Å². The van der Waals surface area contributed by atoms with Gasteiger partial charge in [0, 0.05) is 36.6 Å². The van der Waals surface area contributed by atoms with Gasteiger partial charge < -0.3 is 49.7 Å². The second kappa shape index (κ2) is 17.3. The first-order valence-corrected chi connectivity index (χ1v) is 21.5. The van der Waals surface area contributed by atoms with Gasteiger partial charge in [-0.05, 0) is 84.4 Å². The summed E-state index contributed by atoms with van der Waals surface area (Å²) in [5, 5.41) is 16.7. The second-order valence-corrected chi connectivity index (χ2v) is 17.4. The number of carboxylic acid groups (broad SMARTS) is 1. The molecule has 2 aromatic heterocycles. The van der Waals surface area contributed by atoms with Crippen LogP contribution in [-0.4, -0.2) is 104 Å². The average molecular weight is 849 g/mol. The van der Waals surface area contributed by atoms with E-state index in [2.05, 4.69) is 57.0 Å². The number of carbonyl (C=O) groups excluding carboxylic acids is 3. The fourth-order valence-corrected chi connectivity index (χ4v) is 9.55. The zero-order chi connectivity index (χ0) is 44.0. The lowest BCUT2D eigenvalue weighted by molar-refractivity contribution is -0.137. The van der Waals surface area contributed by atoms with E-state index in [9.17, 15) is 24.3 Å². The molecule has 0 spiro atoms.